The van der Waals surface area contributed by atoms with E-state index in [1.807, 2.05) is 103 Å². The summed E-state index contributed by atoms with van der Waals surface area (Å²) >= 11 is 4.28. The maximum Gasteiger partial charge on any atom is 0.234 e. The Hall–Kier alpha value is -4.12. The number of rotatable bonds is 10. The highest BCUT2D eigenvalue weighted by atomic mass is 32.2. The van der Waals surface area contributed by atoms with E-state index >= 15 is 0 Å². The molecule has 0 saturated carbocycles. The van der Waals surface area contributed by atoms with E-state index < -0.39 is 0 Å². The van der Waals surface area contributed by atoms with E-state index in [1.165, 1.54) is 34.9 Å². The van der Waals surface area contributed by atoms with E-state index in [2.05, 4.69) is 25.6 Å². The van der Waals surface area contributed by atoms with Crippen molar-refractivity contribution in [2.24, 2.45) is 0 Å². The molecule has 0 fully saturated rings. The molecule has 6 rings (SSSR count). The summed E-state index contributed by atoms with van der Waals surface area (Å²) in [7, 11) is 0. The average Bonchev–Trinajstić information content (AvgIpc) is 3.62. The van der Waals surface area contributed by atoms with Crippen LogP contribution in [0.3, 0.4) is 0 Å². The number of thioether (sulfide) groups is 2. The Morgan fingerprint density at radius 2 is 1.44 bits per heavy atom. The predicted octanol–water partition coefficient (Wildman–Crippen LogP) is 6.90. The van der Waals surface area contributed by atoms with Gasteiger partial charge in [0.15, 0.2) is 9.50 Å². The summed E-state index contributed by atoms with van der Waals surface area (Å²) in [6.45, 7) is 0. The molecule has 3 N–H and O–H groups in total. The van der Waals surface area contributed by atoms with E-state index in [0.717, 1.165) is 36.7 Å². The molecule has 0 aliphatic heterocycles. The van der Waals surface area contributed by atoms with Crippen LogP contribution in [0.25, 0.3) is 21.3 Å². The summed E-state index contributed by atoms with van der Waals surface area (Å²) in [6.07, 6.45) is 0. The zero-order chi connectivity index (χ0) is 28.0. The number of para-hydroxylation sites is 2. The topological polar surface area (TPSA) is 99.8 Å². The SMILES string of the molecule is O=C(CSc1nc2ccccc2[nH]1)Nc1ccc2nc(SCC(=O)NC(c3ccccc3)c3ccccc3)sc2c1. The number of amides is 2. The van der Waals surface area contributed by atoms with Crippen molar-refractivity contribution in [1.29, 1.82) is 0 Å². The maximum absolute atomic E-state index is 13.0. The number of hydrogen-bond donors (Lipinski definition) is 3. The molecule has 0 spiro atoms. The minimum Gasteiger partial charge on any atom is -0.344 e. The number of H-pyrrole nitrogens is 1. The van der Waals surface area contributed by atoms with Crippen LogP contribution in [-0.4, -0.2) is 38.3 Å². The van der Waals surface area contributed by atoms with Gasteiger partial charge in [0.2, 0.25) is 11.8 Å². The van der Waals surface area contributed by atoms with Crippen molar-refractivity contribution in [1.82, 2.24) is 20.3 Å². The molecule has 2 aromatic heterocycles. The molecule has 2 amide bonds. The van der Waals surface area contributed by atoms with Crippen LogP contribution >= 0.6 is 34.9 Å². The fraction of sp³-hybridized carbons (Fsp3) is 0.0968. The molecule has 6 aromatic rings. The van der Waals surface area contributed by atoms with Gasteiger partial charge in [-0.2, -0.15) is 0 Å². The van der Waals surface area contributed by atoms with Gasteiger partial charge >= 0.3 is 0 Å². The Morgan fingerprint density at radius 3 is 2.17 bits per heavy atom. The minimum atomic E-state index is -0.225. The first-order valence-corrected chi connectivity index (χ1v) is 15.7. The number of carbonyl (C=O) groups is 2. The van der Waals surface area contributed by atoms with Crippen molar-refractivity contribution in [3.63, 3.8) is 0 Å². The molecule has 4 aromatic carbocycles. The lowest BCUT2D eigenvalue weighted by Crippen LogP contribution is -2.30. The van der Waals surface area contributed by atoms with Crippen molar-refractivity contribution in [2.75, 3.05) is 16.8 Å². The zero-order valence-electron chi connectivity index (χ0n) is 21.7. The number of aromatic nitrogens is 3. The molecule has 0 aliphatic carbocycles. The highest BCUT2D eigenvalue weighted by molar-refractivity contribution is 8.01. The Bertz CT molecular complexity index is 1730. The van der Waals surface area contributed by atoms with Gasteiger partial charge < -0.3 is 15.6 Å². The fourth-order valence-corrected chi connectivity index (χ4v) is 6.96. The van der Waals surface area contributed by atoms with Gasteiger partial charge in [0, 0.05) is 5.69 Å². The van der Waals surface area contributed by atoms with Crippen molar-refractivity contribution in [3.8, 4) is 0 Å². The normalized spacial score (nSPS) is 11.2. The lowest BCUT2D eigenvalue weighted by molar-refractivity contribution is -0.119. The van der Waals surface area contributed by atoms with Gasteiger partial charge in [-0.05, 0) is 41.5 Å². The molecular formula is C31H25N5O2S3. The van der Waals surface area contributed by atoms with Crippen LogP contribution < -0.4 is 10.6 Å². The number of aromatic amines is 1. The number of fused-ring (bicyclic) bond motifs is 2. The Labute approximate surface area is 249 Å². The lowest BCUT2D eigenvalue weighted by atomic mass is 9.99. The number of nitrogens with one attached hydrogen (secondary N) is 3. The van der Waals surface area contributed by atoms with Crippen molar-refractivity contribution in [2.45, 2.75) is 15.5 Å². The highest BCUT2D eigenvalue weighted by Crippen LogP contribution is 2.32. The van der Waals surface area contributed by atoms with Crippen LogP contribution in [0.1, 0.15) is 17.2 Å². The number of anilines is 1. The van der Waals surface area contributed by atoms with Gasteiger partial charge in [0.1, 0.15) is 0 Å². The Balaban J connectivity index is 1.05. The van der Waals surface area contributed by atoms with Crippen LogP contribution in [0.2, 0.25) is 0 Å². The average molecular weight is 596 g/mol. The van der Waals surface area contributed by atoms with Crippen molar-refractivity contribution >= 4 is 73.6 Å². The zero-order valence-corrected chi connectivity index (χ0v) is 24.2. The number of carbonyl (C=O) groups excluding carboxylic acids is 2. The van der Waals surface area contributed by atoms with Gasteiger partial charge in [0.05, 0.1) is 38.8 Å². The van der Waals surface area contributed by atoms with Gasteiger partial charge in [-0.3, -0.25) is 9.59 Å². The summed E-state index contributed by atoms with van der Waals surface area (Å²) in [5, 5.41) is 6.85. The molecule has 0 bridgehead atoms. The van der Waals surface area contributed by atoms with Crippen LogP contribution in [0.15, 0.2) is 113 Å². The first-order valence-electron chi connectivity index (χ1n) is 12.9. The van der Waals surface area contributed by atoms with E-state index in [-0.39, 0.29) is 29.4 Å². The molecule has 7 nitrogen and oxygen atoms in total. The predicted molar refractivity (Wildman–Crippen MR) is 169 cm³/mol. The second-order valence-corrected chi connectivity index (χ2v) is 12.4. The third-order valence-corrected chi connectivity index (χ3v) is 9.29. The Kier molecular flexibility index (Phi) is 8.31. The quantitative estimate of drug-likeness (QED) is 0.149. The second-order valence-electron chi connectivity index (χ2n) is 9.17. The molecule has 0 saturated heterocycles. The van der Waals surface area contributed by atoms with Crippen LogP contribution in [0, 0.1) is 0 Å². The molecule has 0 aliphatic rings. The van der Waals surface area contributed by atoms with E-state index in [9.17, 15) is 9.59 Å². The Morgan fingerprint density at radius 1 is 0.756 bits per heavy atom. The summed E-state index contributed by atoms with van der Waals surface area (Å²) in [5.41, 5.74) is 5.43. The van der Waals surface area contributed by atoms with E-state index in [4.69, 9.17) is 0 Å². The number of thiazole rings is 1. The molecule has 0 atom stereocenters. The number of benzene rings is 4. The third kappa shape index (κ3) is 6.79. The smallest absolute Gasteiger partial charge is 0.234 e. The molecule has 10 heteroatoms. The van der Waals surface area contributed by atoms with E-state index in [0.29, 0.717) is 10.8 Å². The largest absolute Gasteiger partial charge is 0.344 e. The third-order valence-electron chi connectivity index (χ3n) is 6.26. The molecule has 41 heavy (non-hydrogen) atoms. The first kappa shape index (κ1) is 27.1. The van der Waals surface area contributed by atoms with Crippen LogP contribution in [-0.2, 0) is 9.59 Å². The summed E-state index contributed by atoms with van der Waals surface area (Å²) < 4.78 is 1.75. The van der Waals surface area contributed by atoms with Gasteiger partial charge in [-0.1, -0.05) is 96.3 Å². The number of nitrogens with zero attached hydrogens (tertiary/aromatic N) is 2. The fourth-order valence-electron chi connectivity index (χ4n) is 4.35. The van der Waals surface area contributed by atoms with Gasteiger partial charge in [-0.15, -0.1) is 11.3 Å². The van der Waals surface area contributed by atoms with Gasteiger partial charge in [-0.25, -0.2) is 9.97 Å². The molecule has 2 heterocycles. The molecule has 0 radical (unpaired) electrons. The molecule has 0 unspecified atom stereocenters. The summed E-state index contributed by atoms with van der Waals surface area (Å²) in [5.74, 6) is 0.307. The number of hydrogen-bond acceptors (Lipinski definition) is 7. The standard InChI is InChI=1S/C31H25N5O2S3/c37-27(18-39-30-33-23-13-7-8-14-24(23)34-30)32-22-15-16-25-26(17-22)41-31(35-25)40-19-28(38)36-29(20-9-3-1-4-10-20)21-11-5-2-6-12-21/h1-17,29H,18-19H2,(H,32,37)(H,33,34)(H,36,38). The molecule has 204 valence electrons. The lowest BCUT2D eigenvalue weighted by Gasteiger charge is -2.19. The maximum atomic E-state index is 13.0. The summed E-state index contributed by atoms with van der Waals surface area (Å²) in [6, 6.07) is 33.1. The van der Waals surface area contributed by atoms with Crippen molar-refractivity contribution < 1.29 is 9.59 Å². The van der Waals surface area contributed by atoms with Crippen LogP contribution in [0.4, 0.5) is 5.69 Å². The first-order chi connectivity index (χ1) is 20.1. The second kappa shape index (κ2) is 12.6. The van der Waals surface area contributed by atoms with Crippen LogP contribution in [0.5, 0.6) is 0 Å². The minimum absolute atomic E-state index is 0.0677. The van der Waals surface area contributed by atoms with E-state index in [1.54, 1.807) is 0 Å². The highest BCUT2D eigenvalue weighted by Gasteiger charge is 2.17. The molecular weight excluding hydrogens is 571 g/mol. The summed E-state index contributed by atoms with van der Waals surface area (Å²) in [4.78, 5) is 37.9. The van der Waals surface area contributed by atoms with Gasteiger partial charge in [0.25, 0.3) is 0 Å². The van der Waals surface area contributed by atoms with Crippen molar-refractivity contribution in [3.05, 3.63) is 114 Å². The monoisotopic (exact) mass is 595 g/mol. The number of imidazole rings is 1.